The van der Waals surface area contributed by atoms with Gasteiger partial charge in [-0.3, -0.25) is 9.89 Å². The Morgan fingerprint density at radius 1 is 1.38 bits per heavy atom. The molecule has 0 aliphatic carbocycles. The van der Waals surface area contributed by atoms with Crippen molar-refractivity contribution in [3.8, 4) is 11.3 Å². The van der Waals surface area contributed by atoms with Gasteiger partial charge in [0, 0.05) is 23.1 Å². The van der Waals surface area contributed by atoms with E-state index in [1.807, 2.05) is 12.0 Å². The van der Waals surface area contributed by atoms with Crippen LogP contribution in [0.1, 0.15) is 23.0 Å². The molecule has 1 aromatic heterocycles. The lowest BCUT2D eigenvalue weighted by molar-refractivity contribution is -0.141. The number of benzene rings is 1. The quantitative estimate of drug-likeness (QED) is 0.900. The number of nitrogens with one attached hydrogen (secondary N) is 2. The molecule has 0 bridgehead atoms. The van der Waals surface area contributed by atoms with E-state index in [0.717, 1.165) is 6.07 Å². The molecular weight excluding hydrogens is 323 g/mol. The van der Waals surface area contributed by atoms with E-state index in [-0.39, 0.29) is 17.0 Å². The lowest BCUT2D eigenvalue weighted by Gasteiger charge is -2.38. The van der Waals surface area contributed by atoms with Gasteiger partial charge in [-0.15, -0.1) is 0 Å². The molecule has 0 saturated carbocycles. The van der Waals surface area contributed by atoms with Gasteiger partial charge in [-0.05, 0) is 18.2 Å². The molecule has 3 rings (SSSR count). The lowest BCUT2D eigenvalue weighted by atomic mass is 9.88. The number of amides is 1. The van der Waals surface area contributed by atoms with E-state index in [1.165, 1.54) is 6.07 Å². The maximum absolute atomic E-state index is 12.6. The van der Waals surface area contributed by atoms with Crippen molar-refractivity contribution in [3.05, 3.63) is 41.6 Å². The molecule has 0 spiro atoms. The first-order chi connectivity index (χ1) is 11.3. The Morgan fingerprint density at radius 3 is 2.71 bits per heavy atom. The highest BCUT2D eigenvalue weighted by Gasteiger charge is 2.34. The Labute approximate surface area is 136 Å². The summed E-state index contributed by atoms with van der Waals surface area (Å²) in [6.07, 6.45) is -4.49. The van der Waals surface area contributed by atoms with Crippen molar-refractivity contribution in [1.82, 2.24) is 15.5 Å². The van der Waals surface area contributed by atoms with Crippen LogP contribution in [0, 0.1) is 5.41 Å². The van der Waals surface area contributed by atoms with Crippen molar-refractivity contribution in [2.24, 2.45) is 5.41 Å². The van der Waals surface area contributed by atoms with Gasteiger partial charge in [0.05, 0.1) is 18.9 Å². The molecule has 24 heavy (non-hydrogen) atoms. The van der Waals surface area contributed by atoms with Crippen LogP contribution in [0.3, 0.4) is 0 Å². The summed E-state index contributed by atoms with van der Waals surface area (Å²) in [6.45, 7) is 3.69. The molecule has 0 unspecified atom stereocenters. The Balaban J connectivity index is 1.74. The summed E-state index contributed by atoms with van der Waals surface area (Å²) in [5, 5.41) is 8.45. The molecule has 1 amide bonds. The smallest absolute Gasteiger partial charge is 0.380 e. The Kier molecular flexibility index (Phi) is 4.08. The van der Waals surface area contributed by atoms with Crippen molar-refractivity contribution < 1.29 is 22.7 Å². The van der Waals surface area contributed by atoms with Gasteiger partial charge in [-0.2, -0.15) is 18.3 Å². The molecule has 2 N–H and O–H groups in total. The molecule has 1 aliphatic rings. The third-order valence-corrected chi connectivity index (χ3v) is 3.88. The highest BCUT2D eigenvalue weighted by molar-refractivity contribution is 5.95. The summed E-state index contributed by atoms with van der Waals surface area (Å²) < 4.78 is 43.0. The van der Waals surface area contributed by atoms with Crippen LogP contribution in [0.2, 0.25) is 0 Å². The Morgan fingerprint density at radius 2 is 2.12 bits per heavy atom. The van der Waals surface area contributed by atoms with Crippen molar-refractivity contribution in [1.29, 1.82) is 0 Å². The highest BCUT2D eigenvalue weighted by atomic mass is 19.4. The first kappa shape index (κ1) is 16.5. The van der Waals surface area contributed by atoms with Gasteiger partial charge in [0.15, 0.2) is 0 Å². The molecule has 1 aromatic carbocycles. The predicted molar refractivity (Wildman–Crippen MR) is 80.3 cm³/mol. The second kappa shape index (κ2) is 5.94. The maximum Gasteiger partial charge on any atom is 0.432 e. The minimum Gasteiger partial charge on any atom is -0.380 e. The molecule has 8 heteroatoms. The predicted octanol–water partition coefficient (Wildman–Crippen LogP) is 2.86. The first-order valence-electron chi connectivity index (χ1n) is 7.36. The number of carbonyl (C=O) groups is 1. The van der Waals surface area contributed by atoms with Gasteiger partial charge in [-0.25, -0.2) is 0 Å². The molecule has 1 fully saturated rings. The van der Waals surface area contributed by atoms with Crippen LogP contribution < -0.4 is 5.32 Å². The number of aromatic amines is 1. The standard InChI is InChI=1S/C16H16F3N3O2/c1-15(8-24-9-15)7-20-14(23)11-4-2-3-10(5-11)12-6-13(22-21-12)16(17,18)19/h2-6H,7-9H2,1H3,(H,20,23)(H,21,22). The number of H-pyrrole nitrogens is 1. The van der Waals surface area contributed by atoms with E-state index in [9.17, 15) is 18.0 Å². The zero-order valence-electron chi connectivity index (χ0n) is 12.9. The number of halogens is 3. The number of alkyl halides is 3. The van der Waals surface area contributed by atoms with Crippen LogP contribution in [0.15, 0.2) is 30.3 Å². The van der Waals surface area contributed by atoms with Crippen LogP contribution >= 0.6 is 0 Å². The number of hydrogen-bond donors (Lipinski definition) is 2. The lowest BCUT2D eigenvalue weighted by Crippen LogP contribution is -2.48. The molecule has 1 saturated heterocycles. The maximum atomic E-state index is 12.6. The van der Waals surface area contributed by atoms with E-state index in [4.69, 9.17) is 4.74 Å². The Bertz CT molecular complexity index is 751. The van der Waals surface area contributed by atoms with Gasteiger partial charge in [-0.1, -0.05) is 19.1 Å². The molecule has 2 heterocycles. The molecule has 128 valence electrons. The third kappa shape index (κ3) is 3.43. The number of hydrogen-bond acceptors (Lipinski definition) is 3. The fourth-order valence-electron chi connectivity index (χ4n) is 2.38. The molecule has 5 nitrogen and oxygen atoms in total. The van der Waals surface area contributed by atoms with Crippen molar-refractivity contribution >= 4 is 5.91 Å². The third-order valence-electron chi connectivity index (χ3n) is 3.88. The average Bonchev–Trinajstić information content (AvgIpc) is 3.01. The SMILES string of the molecule is CC1(CNC(=O)c2cccc(-c3cc(C(F)(F)F)[nH]n3)c2)COC1. The fourth-order valence-corrected chi connectivity index (χ4v) is 2.38. The van der Waals surface area contributed by atoms with Crippen LogP contribution in [-0.4, -0.2) is 35.9 Å². The largest absolute Gasteiger partial charge is 0.432 e. The number of carbonyl (C=O) groups excluding carboxylic acids is 1. The van der Waals surface area contributed by atoms with Crippen LogP contribution in [0.5, 0.6) is 0 Å². The second-order valence-corrected chi connectivity index (χ2v) is 6.23. The van der Waals surface area contributed by atoms with E-state index < -0.39 is 11.9 Å². The number of nitrogens with zero attached hydrogens (tertiary/aromatic N) is 1. The topological polar surface area (TPSA) is 67.0 Å². The number of ether oxygens (including phenoxy) is 1. The zero-order chi connectivity index (χ0) is 17.4. The Hall–Kier alpha value is -2.35. The minimum absolute atomic E-state index is 0.0585. The number of rotatable bonds is 4. The van der Waals surface area contributed by atoms with Gasteiger partial charge < -0.3 is 10.1 Å². The summed E-state index contributed by atoms with van der Waals surface area (Å²) in [6, 6.07) is 7.26. The summed E-state index contributed by atoms with van der Waals surface area (Å²) in [4.78, 5) is 12.2. The summed E-state index contributed by atoms with van der Waals surface area (Å²) in [7, 11) is 0. The normalized spacial score (nSPS) is 16.5. The van der Waals surface area contributed by atoms with Crippen LogP contribution in [0.25, 0.3) is 11.3 Å². The van der Waals surface area contributed by atoms with Crippen molar-refractivity contribution in [2.75, 3.05) is 19.8 Å². The van der Waals surface area contributed by atoms with E-state index in [1.54, 1.807) is 18.2 Å². The van der Waals surface area contributed by atoms with Gasteiger partial charge in [0.25, 0.3) is 5.91 Å². The van der Waals surface area contributed by atoms with Crippen molar-refractivity contribution in [3.63, 3.8) is 0 Å². The summed E-state index contributed by atoms with van der Waals surface area (Å²) in [5.74, 6) is -0.281. The highest BCUT2D eigenvalue weighted by Crippen LogP contribution is 2.30. The minimum atomic E-state index is -4.49. The van der Waals surface area contributed by atoms with E-state index >= 15 is 0 Å². The van der Waals surface area contributed by atoms with Gasteiger partial charge in [0.2, 0.25) is 0 Å². The number of aromatic nitrogens is 2. The molecule has 0 atom stereocenters. The molecule has 2 aromatic rings. The molecule has 1 aliphatic heterocycles. The zero-order valence-corrected chi connectivity index (χ0v) is 12.9. The van der Waals surface area contributed by atoms with Crippen molar-refractivity contribution in [2.45, 2.75) is 13.1 Å². The average molecular weight is 339 g/mol. The second-order valence-electron chi connectivity index (χ2n) is 6.23. The summed E-state index contributed by atoms with van der Waals surface area (Å²) in [5.41, 5.74) is -0.0426. The monoisotopic (exact) mass is 339 g/mol. The van der Waals surface area contributed by atoms with Gasteiger partial charge >= 0.3 is 6.18 Å². The van der Waals surface area contributed by atoms with Crippen LogP contribution in [-0.2, 0) is 10.9 Å². The van der Waals surface area contributed by atoms with Gasteiger partial charge in [0.1, 0.15) is 5.69 Å². The van der Waals surface area contributed by atoms with E-state index in [0.29, 0.717) is 30.9 Å². The fraction of sp³-hybridized carbons (Fsp3) is 0.375. The molecule has 0 radical (unpaired) electrons. The summed E-state index contributed by atoms with van der Waals surface area (Å²) >= 11 is 0. The van der Waals surface area contributed by atoms with E-state index in [2.05, 4.69) is 10.4 Å². The van der Waals surface area contributed by atoms with Crippen LogP contribution in [0.4, 0.5) is 13.2 Å². The molecular formula is C16H16F3N3O2. The first-order valence-corrected chi connectivity index (χ1v) is 7.36.